The van der Waals surface area contributed by atoms with Gasteiger partial charge in [0.05, 0.1) is 11.8 Å². The second-order valence-corrected chi connectivity index (χ2v) is 8.11. The summed E-state index contributed by atoms with van der Waals surface area (Å²) in [5.74, 6) is 1.19. The highest BCUT2D eigenvalue weighted by atomic mass is 32.2. The first kappa shape index (κ1) is 15.6. The van der Waals surface area contributed by atoms with Crippen LogP contribution in [0.25, 0.3) is 11.0 Å². The van der Waals surface area contributed by atoms with Crippen LogP contribution in [0.2, 0.25) is 0 Å². The minimum atomic E-state index is -3.28. The maximum atomic E-state index is 12.3. The van der Waals surface area contributed by atoms with Crippen LogP contribution in [-0.4, -0.2) is 14.2 Å². The average molecular weight is 321 g/mol. The van der Waals surface area contributed by atoms with Gasteiger partial charge in [0.1, 0.15) is 11.3 Å². The Kier molecular flexibility index (Phi) is 4.54. The third kappa shape index (κ3) is 3.70. The molecule has 120 valence electrons. The molecule has 0 saturated heterocycles. The molecular weight excluding hydrogens is 298 g/mol. The first-order valence-corrected chi connectivity index (χ1v) is 9.67. The third-order valence-corrected chi connectivity index (χ3v) is 6.03. The minimum absolute atomic E-state index is 0.234. The highest BCUT2D eigenvalue weighted by Crippen LogP contribution is 2.27. The van der Waals surface area contributed by atoms with Crippen molar-refractivity contribution < 1.29 is 12.8 Å². The van der Waals surface area contributed by atoms with Gasteiger partial charge in [0.25, 0.3) is 0 Å². The molecule has 1 saturated carbocycles. The number of rotatable bonds is 5. The lowest BCUT2D eigenvalue weighted by Gasteiger charge is -2.22. The van der Waals surface area contributed by atoms with Crippen LogP contribution in [-0.2, 0) is 10.0 Å². The zero-order valence-electron chi connectivity index (χ0n) is 12.9. The van der Waals surface area contributed by atoms with Gasteiger partial charge in [0, 0.05) is 5.39 Å². The molecule has 1 fully saturated rings. The quantitative estimate of drug-likeness (QED) is 0.905. The third-order valence-electron chi connectivity index (χ3n) is 4.41. The van der Waals surface area contributed by atoms with Crippen molar-refractivity contribution in [2.75, 3.05) is 5.75 Å². The van der Waals surface area contributed by atoms with Crippen molar-refractivity contribution in [2.45, 2.75) is 45.1 Å². The van der Waals surface area contributed by atoms with Crippen molar-refractivity contribution in [3.63, 3.8) is 0 Å². The van der Waals surface area contributed by atoms with Gasteiger partial charge in [-0.05, 0) is 37.8 Å². The van der Waals surface area contributed by atoms with Gasteiger partial charge >= 0.3 is 0 Å². The van der Waals surface area contributed by atoms with Crippen molar-refractivity contribution in [1.82, 2.24) is 4.72 Å². The smallest absolute Gasteiger partial charge is 0.212 e. The summed E-state index contributed by atoms with van der Waals surface area (Å²) in [4.78, 5) is 0. The summed E-state index contributed by atoms with van der Waals surface area (Å²) in [5, 5.41) is 0.996. The average Bonchev–Trinajstić information content (AvgIpc) is 2.91. The summed E-state index contributed by atoms with van der Waals surface area (Å²) in [6, 6.07) is 9.27. The minimum Gasteiger partial charge on any atom is -0.459 e. The van der Waals surface area contributed by atoms with Gasteiger partial charge in [0.15, 0.2) is 0 Å². The molecule has 1 N–H and O–H groups in total. The van der Waals surface area contributed by atoms with Crippen LogP contribution in [0, 0.1) is 5.92 Å². The topological polar surface area (TPSA) is 59.3 Å². The first-order valence-electron chi connectivity index (χ1n) is 8.02. The van der Waals surface area contributed by atoms with Crippen LogP contribution in [0.15, 0.2) is 34.7 Å². The van der Waals surface area contributed by atoms with E-state index in [1.807, 2.05) is 37.3 Å². The monoisotopic (exact) mass is 321 g/mol. The summed E-state index contributed by atoms with van der Waals surface area (Å²) < 4.78 is 33.2. The maximum Gasteiger partial charge on any atom is 0.212 e. The van der Waals surface area contributed by atoms with Gasteiger partial charge in [-0.1, -0.05) is 37.5 Å². The molecule has 1 aromatic carbocycles. The maximum absolute atomic E-state index is 12.3. The number of furan rings is 1. The number of fused-ring (bicyclic) bond motifs is 1. The molecule has 0 aliphatic heterocycles. The Labute approximate surface area is 131 Å². The summed E-state index contributed by atoms with van der Waals surface area (Å²) in [6.45, 7) is 1.83. The number of benzene rings is 1. The zero-order chi connectivity index (χ0) is 15.6. The number of hydrogen-bond donors (Lipinski definition) is 1. The second-order valence-electron chi connectivity index (χ2n) is 6.31. The van der Waals surface area contributed by atoms with E-state index in [1.165, 1.54) is 6.42 Å². The van der Waals surface area contributed by atoms with E-state index in [0.717, 1.165) is 36.7 Å². The Morgan fingerprint density at radius 2 is 1.95 bits per heavy atom. The molecule has 0 bridgehead atoms. The van der Waals surface area contributed by atoms with Crippen molar-refractivity contribution >= 4 is 21.0 Å². The standard InChI is InChI=1S/C17H23NO3S/c1-13(17-11-15-9-5-6-10-16(15)21-17)18-22(19,20)12-14-7-3-2-4-8-14/h5-6,9-11,13-14,18H,2-4,7-8,12H2,1H3/t13-/m1/s1. The van der Waals surface area contributed by atoms with E-state index in [9.17, 15) is 8.42 Å². The molecule has 3 rings (SSSR count). The molecule has 0 radical (unpaired) electrons. The van der Waals surface area contributed by atoms with Crippen LogP contribution in [0.4, 0.5) is 0 Å². The molecule has 0 spiro atoms. The molecule has 4 nitrogen and oxygen atoms in total. The fraction of sp³-hybridized carbons (Fsp3) is 0.529. The summed E-state index contributed by atoms with van der Waals surface area (Å²) in [5.41, 5.74) is 0.788. The largest absolute Gasteiger partial charge is 0.459 e. The predicted molar refractivity (Wildman–Crippen MR) is 88.1 cm³/mol. The van der Waals surface area contributed by atoms with Crippen LogP contribution in [0.5, 0.6) is 0 Å². The lowest BCUT2D eigenvalue weighted by atomic mass is 9.91. The van der Waals surface area contributed by atoms with Crippen molar-refractivity contribution in [2.24, 2.45) is 5.92 Å². The van der Waals surface area contributed by atoms with Crippen molar-refractivity contribution in [3.8, 4) is 0 Å². The Bertz CT molecular complexity index is 696. The normalized spacial score (nSPS) is 18.6. The fourth-order valence-corrected chi connectivity index (χ4v) is 4.96. The molecule has 1 aliphatic rings. The van der Waals surface area contributed by atoms with Gasteiger partial charge in [-0.15, -0.1) is 0 Å². The van der Waals surface area contributed by atoms with Crippen molar-refractivity contribution in [1.29, 1.82) is 0 Å². The zero-order valence-corrected chi connectivity index (χ0v) is 13.7. The van der Waals surface area contributed by atoms with E-state index in [4.69, 9.17) is 4.42 Å². The fourth-order valence-electron chi connectivity index (χ4n) is 3.26. The molecule has 1 aliphatic carbocycles. The van der Waals surface area contributed by atoms with Gasteiger partial charge in [-0.3, -0.25) is 0 Å². The Hall–Kier alpha value is -1.33. The van der Waals surface area contributed by atoms with Crippen LogP contribution < -0.4 is 4.72 Å². The summed E-state index contributed by atoms with van der Waals surface area (Å²) in [6.07, 6.45) is 5.60. The summed E-state index contributed by atoms with van der Waals surface area (Å²) in [7, 11) is -3.28. The van der Waals surface area contributed by atoms with E-state index in [2.05, 4.69) is 4.72 Å². The molecule has 1 aromatic heterocycles. The highest BCUT2D eigenvalue weighted by molar-refractivity contribution is 7.89. The SMILES string of the molecule is C[C@@H](NS(=O)(=O)CC1CCCCC1)c1cc2ccccc2o1. The van der Waals surface area contributed by atoms with E-state index < -0.39 is 10.0 Å². The number of nitrogens with one attached hydrogen (secondary N) is 1. The van der Waals surface area contributed by atoms with E-state index in [1.54, 1.807) is 0 Å². The molecule has 1 heterocycles. The molecule has 5 heteroatoms. The van der Waals surface area contributed by atoms with Crippen molar-refractivity contribution in [3.05, 3.63) is 36.1 Å². The number of hydrogen-bond acceptors (Lipinski definition) is 3. The Morgan fingerprint density at radius 1 is 1.23 bits per heavy atom. The molecule has 22 heavy (non-hydrogen) atoms. The number of para-hydroxylation sites is 1. The summed E-state index contributed by atoms with van der Waals surface area (Å²) >= 11 is 0. The number of sulfonamides is 1. The lowest BCUT2D eigenvalue weighted by Crippen LogP contribution is -2.32. The molecule has 0 unspecified atom stereocenters. The second kappa shape index (κ2) is 6.42. The highest BCUT2D eigenvalue weighted by Gasteiger charge is 2.24. The molecule has 2 aromatic rings. The molecule has 1 atom stereocenters. The Morgan fingerprint density at radius 3 is 2.68 bits per heavy atom. The molecular formula is C17H23NO3S. The van der Waals surface area contributed by atoms with Gasteiger partial charge in [-0.2, -0.15) is 0 Å². The molecule has 0 amide bonds. The predicted octanol–water partition coefficient (Wildman–Crippen LogP) is 3.99. The Balaban J connectivity index is 1.67. The van der Waals surface area contributed by atoms with Gasteiger partial charge in [-0.25, -0.2) is 13.1 Å². The van der Waals surface area contributed by atoms with Gasteiger partial charge in [0.2, 0.25) is 10.0 Å². The van der Waals surface area contributed by atoms with E-state index in [0.29, 0.717) is 11.7 Å². The van der Waals surface area contributed by atoms with E-state index >= 15 is 0 Å². The van der Waals surface area contributed by atoms with Crippen LogP contribution in [0.3, 0.4) is 0 Å². The van der Waals surface area contributed by atoms with Crippen LogP contribution >= 0.6 is 0 Å². The first-order chi connectivity index (χ1) is 10.5. The lowest BCUT2D eigenvalue weighted by molar-refractivity contribution is 0.382. The van der Waals surface area contributed by atoms with E-state index in [-0.39, 0.29) is 11.8 Å². The van der Waals surface area contributed by atoms with Crippen LogP contribution in [0.1, 0.15) is 50.8 Å². The van der Waals surface area contributed by atoms with Gasteiger partial charge < -0.3 is 4.42 Å².